The molecule has 1 unspecified atom stereocenters. The number of benzene rings is 1. The summed E-state index contributed by atoms with van der Waals surface area (Å²) in [5.41, 5.74) is 6.64. The van der Waals surface area contributed by atoms with Crippen molar-refractivity contribution in [2.24, 2.45) is 5.92 Å². The number of nitrogens with two attached hydrogens (primary N) is 1. The van der Waals surface area contributed by atoms with Crippen LogP contribution in [0.3, 0.4) is 0 Å². The lowest BCUT2D eigenvalue weighted by atomic mass is 10.00. The van der Waals surface area contributed by atoms with Crippen molar-refractivity contribution in [1.29, 1.82) is 0 Å². The van der Waals surface area contributed by atoms with Crippen LogP contribution in [-0.4, -0.2) is 17.4 Å². The molecule has 0 radical (unpaired) electrons. The number of carbonyl (C=O) groups is 2. The quantitative estimate of drug-likeness (QED) is 0.576. The van der Waals surface area contributed by atoms with E-state index in [1.165, 1.54) is 6.07 Å². The van der Waals surface area contributed by atoms with E-state index in [0.717, 1.165) is 11.8 Å². The van der Waals surface area contributed by atoms with Gasteiger partial charge in [0.2, 0.25) is 0 Å². The van der Waals surface area contributed by atoms with Crippen molar-refractivity contribution in [3.05, 3.63) is 29.3 Å². The van der Waals surface area contributed by atoms with Crippen LogP contribution in [0.25, 0.3) is 0 Å². The minimum atomic E-state index is -1.05. The third kappa shape index (κ3) is 2.80. The number of nitrogen functional groups attached to an aromatic ring is 1. The van der Waals surface area contributed by atoms with E-state index in [1.807, 2.05) is 0 Å². The van der Waals surface area contributed by atoms with E-state index in [0.29, 0.717) is 6.42 Å². The van der Waals surface area contributed by atoms with Gasteiger partial charge in [0.1, 0.15) is 6.29 Å². The maximum absolute atomic E-state index is 10.8. The van der Waals surface area contributed by atoms with E-state index in [9.17, 15) is 9.59 Å². The summed E-state index contributed by atoms with van der Waals surface area (Å²) >= 11 is 0. The predicted molar refractivity (Wildman–Crippen MR) is 56.7 cm³/mol. The Morgan fingerprint density at radius 1 is 1.60 bits per heavy atom. The van der Waals surface area contributed by atoms with Gasteiger partial charge in [-0.25, -0.2) is 4.79 Å². The number of rotatable bonds is 4. The molecule has 15 heavy (non-hydrogen) atoms. The van der Waals surface area contributed by atoms with Crippen molar-refractivity contribution in [1.82, 2.24) is 0 Å². The minimum absolute atomic E-state index is 0.0885. The van der Waals surface area contributed by atoms with Crippen molar-refractivity contribution in [3.63, 3.8) is 0 Å². The Morgan fingerprint density at radius 3 is 2.80 bits per heavy atom. The zero-order valence-corrected chi connectivity index (χ0v) is 8.43. The van der Waals surface area contributed by atoms with Crippen LogP contribution < -0.4 is 5.73 Å². The lowest BCUT2D eigenvalue weighted by molar-refractivity contribution is -0.110. The van der Waals surface area contributed by atoms with Gasteiger partial charge in [0.25, 0.3) is 0 Å². The molecule has 0 fully saturated rings. The molecule has 0 aromatic heterocycles. The van der Waals surface area contributed by atoms with Crippen LogP contribution in [0.2, 0.25) is 0 Å². The van der Waals surface area contributed by atoms with Gasteiger partial charge < -0.3 is 15.6 Å². The predicted octanol–water partition coefficient (Wildman–Crippen LogP) is 1.34. The highest BCUT2D eigenvalue weighted by Crippen LogP contribution is 2.16. The second kappa shape index (κ2) is 4.59. The number of aldehydes is 1. The first-order valence-electron chi connectivity index (χ1n) is 4.61. The van der Waals surface area contributed by atoms with E-state index >= 15 is 0 Å². The van der Waals surface area contributed by atoms with Gasteiger partial charge in [-0.1, -0.05) is 13.0 Å². The summed E-state index contributed by atoms with van der Waals surface area (Å²) < 4.78 is 0. The molecule has 0 saturated heterocycles. The fourth-order valence-corrected chi connectivity index (χ4v) is 1.34. The Bertz CT molecular complexity index is 387. The monoisotopic (exact) mass is 207 g/mol. The second-order valence-corrected chi connectivity index (χ2v) is 3.54. The molecule has 0 amide bonds. The molecule has 0 heterocycles. The zero-order valence-electron chi connectivity index (χ0n) is 8.43. The van der Waals surface area contributed by atoms with E-state index in [4.69, 9.17) is 10.8 Å². The Hall–Kier alpha value is -1.84. The third-order valence-corrected chi connectivity index (χ3v) is 2.14. The summed E-state index contributed by atoms with van der Waals surface area (Å²) in [6.45, 7) is 1.78. The summed E-state index contributed by atoms with van der Waals surface area (Å²) in [5, 5.41) is 8.83. The number of aromatic carboxylic acids is 1. The molecule has 0 aliphatic carbocycles. The van der Waals surface area contributed by atoms with Crippen LogP contribution in [0.5, 0.6) is 0 Å². The molecule has 4 nitrogen and oxygen atoms in total. The zero-order chi connectivity index (χ0) is 11.4. The summed E-state index contributed by atoms with van der Waals surface area (Å²) in [7, 11) is 0. The molecule has 1 aromatic rings. The van der Waals surface area contributed by atoms with Crippen LogP contribution in [-0.2, 0) is 11.2 Å². The normalized spacial score (nSPS) is 12.1. The van der Waals surface area contributed by atoms with Crippen LogP contribution >= 0.6 is 0 Å². The average molecular weight is 207 g/mol. The first-order valence-corrected chi connectivity index (χ1v) is 4.61. The lowest BCUT2D eigenvalue weighted by Crippen LogP contribution is -2.06. The van der Waals surface area contributed by atoms with Crippen LogP contribution in [0, 0.1) is 5.92 Å². The number of carboxylic acid groups (broad SMARTS) is 1. The molecule has 3 N–H and O–H groups in total. The van der Waals surface area contributed by atoms with Crippen LogP contribution in [0.4, 0.5) is 5.69 Å². The topological polar surface area (TPSA) is 80.4 Å². The third-order valence-electron chi connectivity index (χ3n) is 2.14. The molecule has 1 rings (SSSR count). The van der Waals surface area contributed by atoms with E-state index in [2.05, 4.69) is 0 Å². The number of hydrogen-bond donors (Lipinski definition) is 2. The van der Waals surface area contributed by atoms with E-state index < -0.39 is 5.97 Å². The van der Waals surface area contributed by atoms with Gasteiger partial charge in [0.15, 0.2) is 0 Å². The highest BCUT2D eigenvalue weighted by Gasteiger charge is 2.09. The smallest absolute Gasteiger partial charge is 0.337 e. The molecule has 80 valence electrons. The van der Waals surface area contributed by atoms with Gasteiger partial charge in [-0.2, -0.15) is 0 Å². The van der Waals surface area contributed by atoms with E-state index in [1.54, 1.807) is 19.1 Å². The molecular formula is C11H13NO3. The maximum Gasteiger partial charge on any atom is 0.337 e. The molecule has 0 spiro atoms. The number of carbonyl (C=O) groups excluding carboxylic acids is 1. The van der Waals surface area contributed by atoms with Gasteiger partial charge in [0, 0.05) is 11.6 Å². The highest BCUT2D eigenvalue weighted by molar-refractivity contribution is 5.93. The summed E-state index contributed by atoms with van der Waals surface area (Å²) in [5.74, 6) is -1.16. The highest BCUT2D eigenvalue weighted by atomic mass is 16.4. The Morgan fingerprint density at radius 2 is 2.27 bits per heavy atom. The first kappa shape index (κ1) is 11.2. The van der Waals surface area contributed by atoms with Crippen molar-refractivity contribution < 1.29 is 14.7 Å². The van der Waals surface area contributed by atoms with Gasteiger partial charge in [0.05, 0.1) is 5.56 Å². The molecule has 0 bridgehead atoms. The summed E-state index contributed by atoms with van der Waals surface area (Å²) in [6, 6.07) is 4.80. The summed E-state index contributed by atoms with van der Waals surface area (Å²) in [6.07, 6.45) is 1.38. The van der Waals surface area contributed by atoms with Gasteiger partial charge >= 0.3 is 5.97 Å². The first-order chi connectivity index (χ1) is 7.04. The SMILES string of the molecule is CC(C=O)Cc1ccc(N)c(C(=O)O)c1. The summed E-state index contributed by atoms with van der Waals surface area (Å²) in [4.78, 5) is 21.2. The van der Waals surface area contributed by atoms with Gasteiger partial charge in [-0.05, 0) is 24.1 Å². The maximum atomic E-state index is 10.8. The van der Waals surface area contributed by atoms with Crippen molar-refractivity contribution in [2.75, 3.05) is 5.73 Å². The number of carboxylic acids is 1. The van der Waals surface area contributed by atoms with E-state index in [-0.39, 0.29) is 17.2 Å². The number of anilines is 1. The van der Waals surface area contributed by atoms with Gasteiger partial charge in [-0.3, -0.25) is 0 Å². The fourth-order valence-electron chi connectivity index (χ4n) is 1.34. The molecular weight excluding hydrogens is 194 g/mol. The van der Waals surface area contributed by atoms with Crippen molar-refractivity contribution >= 4 is 17.9 Å². The Balaban J connectivity index is 2.97. The van der Waals surface area contributed by atoms with Crippen LogP contribution in [0.1, 0.15) is 22.8 Å². The van der Waals surface area contributed by atoms with Crippen molar-refractivity contribution in [3.8, 4) is 0 Å². The van der Waals surface area contributed by atoms with Crippen molar-refractivity contribution in [2.45, 2.75) is 13.3 Å². The lowest BCUT2D eigenvalue weighted by Gasteiger charge is -2.06. The molecule has 0 aliphatic rings. The molecule has 0 aliphatic heterocycles. The average Bonchev–Trinajstić information content (AvgIpc) is 2.20. The van der Waals surface area contributed by atoms with Gasteiger partial charge in [-0.15, -0.1) is 0 Å². The molecule has 4 heteroatoms. The van der Waals surface area contributed by atoms with Crippen LogP contribution in [0.15, 0.2) is 18.2 Å². The fraction of sp³-hybridized carbons (Fsp3) is 0.273. The standard InChI is InChI=1S/C11H13NO3/c1-7(6-13)4-8-2-3-10(12)9(5-8)11(14)15/h2-3,5-7H,4,12H2,1H3,(H,14,15). The number of hydrogen-bond acceptors (Lipinski definition) is 3. The Labute approximate surface area is 87.7 Å². The molecule has 1 aromatic carbocycles. The second-order valence-electron chi connectivity index (χ2n) is 3.54. The molecule has 0 saturated carbocycles. The largest absolute Gasteiger partial charge is 0.478 e. The Kier molecular flexibility index (Phi) is 3.44. The minimum Gasteiger partial charge on any atom is -0.478 e. The molecule has 1 atom stereocenters.